The van der Waals surface area contributed by atoms with Gasteiger partial charge in [-0.15, -0.1) is 11.3 Å². The number of benzene rings is 2. The van der Waals surface area contributed by atoms with Gasteiger partial charge in [-0.1, -0.05) is 0 Å². The number of fused-ring (bicyclic) bond motifs is 2. The van der Waals surface area contributed by atoms with Crippen LogP contribution in [-0.2, 0) is 0 Å². The first kappa shape index (κ1) is 15.3. The summed E-state index contributed by atoms with van der Waals surface area (Å²) in [7, 11) is 0. The van der Waals surface area contributed by atoms with Crippen molar-refractivity contribution >= 4 is 38.3 Å². The third-order valence-electron chi connectivity index (χ3n) is 3.74. The molecular weight excluding hydrogens is 340 g/mol. The van der Waals surface area contributed by atoms with E-state index in [-0.39, 0.29) is 11.4 Å². The van der Waals surface area contributed by atoms with Crippen molar-refractivity contribution in [2.75, 3.05) is 0 Å². The maximum absolute atomic E-state index is 11.0. The van der Waals surface area contributed by atoms with Gasteiger partial charge in [0.25, 0.3) is 0 Å². The Morgan fingerprint density at radius 2 is 1.92 bits per heavy atom. The van der Waals surface area contributed by atoms with E-state index in [0.29, 0.717) is 22.3 Å². The molecule has 0 spiro atoms. The Kier molecular flexibility index (Phi) is 3.51. The summed E-state index contributed by atoms with van der Waals surface area (Å²) in [6.45, 7) is 1.96. The fraction of sp³-hybridized carbons (Fsp3) is 0.0556. The van der Waals surface area contributed by atoms with Crippen molar-refractivity contribution in [2.24, 2.45) is 0 Å². The summed E-state index contributed by atoms with van der Waals surface area (Å²) in [6.07, 6.45) is 1.40. The van der Waals surface area contributed by atoms with Crippen LogP contribution >= 0.6 is 11.3 Å². The van der Waals surface area contributed by atoms with Crippen molar-refractivity contribution in [3.05, 3.63) is 53.3 Å². The summed E-state index contributed by atoms with van der Waals surface area (Å²) < 4.78 is 6.92. The van der Waals surface area contributed by atoms with Crippen LogP contribution in [0.15, 0.2) is 42.6 Å². The summed E-state index contributed by atoms with van der Waals surface area (Å²) in [4.78, 5) is 19.2. The molecule has 6 nitrogen and oxygen atoms in total. The first-order valence-electron chi connectivity index (χ1n) is 7.41. The number of hydrogen-bond acceptors (Lipinski definition) is 6. The van der Waals surface area contributed by atoms with E-state index in [2.05, 4.69) is 9.97 Å². The van der Waals surface area contributed by atoms with Crippen LogP contribution in [-0.4, -0.2) is 26.2 Å². The summed E-state index contributed by atoms with van der Waals surface area (Å²) in [6, 6.07) is 10.7. The predicted molar refractivity (Wildman–Crippen MR) is 94.8 cm³/mol. The lowest BCUT2D eigenvalue weighted by atomic mass is 10.1. The second kappa shape index (κ2) is 5.71. The molecule has 4 rings (SSSR count). The van der Waals surface area contributed by atoms with E-state index in [1.54, 1.807) is 29.5 Å². The molecule has 2 aromatic heterocycles. The van der Waals surface area contributed by atoms with Crippen LogP contribution in [0.25, 0.3) is 21.0 Å². The highest BCUT2D eigenvalue weighted by atomic mass is 32.1. The van der Waals surface area contributed by atoms with Crippen LogP contribution < -0.4 is 4.74 Å². The SMILES string of the molecule is Cc1nc2ccc(Oc3ccc4c(O)c(C(=O)O)ncc4c3)cc2s1. The molecule has 2 N–H and O–H groups in total. The highest BCUT2D eigenvalue weighted by molar-refractivity contribution is 7.18. The molecule has 0 aliphatic rings. The van der Waals surface area contributed by atoms with Crippen molar-refractivity contribution < 1.29 is 19.7 Å². The number of carboxylic acids is 1. The molecule has 0 saturated carbocycles. The van der Waals surface area contributed by atoms with Crippen LogP contribution in [0, 0.1) is 6.92 Å². The number of aromatic carboxylic acids is 1. The van der Waals surface area contributed by atoms with Crippen LogP contribution in [0.1, 0.15) is 15.5 Å². The van der Waals surface area contributed by atoms with Crippen LogP contribution in [0.4, 0.5) is 0 Å². The van der Waals surface area contributed by atoms with Crippen molar-refractivity contribution in [3.8, 4) is 17.2 Å². The largest absolute Gasteiger partial charge is 0.505 e. The molecule has 0 bridgehead atoms. The molecule has 2 heterocycles. The third-order valence-corrected chi connectivity index (χ3v) is 4.67. The quantitative estimate of drug-likeness (QED) is 0.569. The molecular formula is C18H12N2O4S. The van der Waals surface area contributed by atoms with Crippen LogP contribution in [0.2, 0.25) is 0 Å². The molecule has 0 radical (unpaired) electrons. The van der Waals surface area contributed by atoms with Gasteiger partial charge in [0.05, 0.1) is 15.2 Å². The predicted octanol–water partition coefficient (Wildman–Crippen LogP) is 4.35. The number of carboxylic acid groups (broad SMARTS) is 1. The Labute approximate surface area is 146 Å². The molecule has 0 aliphatic carbocycles. The minimum atomic E-state index is -1.27. The number of carbonyl (C=O) groups is 1. The van der Waals surface area contributed by atoms with E-state index in [1.165, 1.54) is 6.20 Å². The van der Waals surface area contributed by atoms with E-state index in [9.17, 15) is 9.90 Å². The molecule has 2 aromatic carbocycles. The topological polar surface area (TPSA) is 92.5 Å². The molecule has 0 fully saturated rings. The molecule has 4 aromatic rings. The Morgan fingerprint density at radius 1 is 1.16 bits per heavy atom. The number of rotatable bonds is 3. The smallest absolute Gasteiger partial charge is 0.358 e. The van der Waals surface area contributed by atoms with Gasteiger partial charge in [0, 0.05) is 23.0 Å². The van der Waals surface area contributed by atoms with Gasteiger partial charge in [0.2, 0.25) is 0 Å². The van der Waals surface area contributed by atoms with Crippen molar-refractivity contribution in [3.63, 3.8) is 0 Å². The van der Waals surface area contributed by atoms with Gasteiger partial charge in [0.1, 0.15) is 11.5 Å². The van der Waals surface area contributed by atoms with Crippen LogP contribution in [0.3, 0.4) is 0 Å². The Balaban J connectivity index is 1.71. The van der Waals surface area contributed by atoms with Crippen molar-refractivity contribution in [2.45, 2.75) is 6.92 Å². The lowest BCUT2D eigenvalue weighted by Gasteiger charge is -2.08. The molecule has 0 saturated heterocycles. The first-order valence-corrected chi connectivity index (χ1v) is 8.23. The van der Waals surface area contributed by atoms with E-state index in [1.807, 2.05) is 25.1 Å². The zero-order chi connectivity index (χ0) is 17.6. The summed E-state index contributed by atoms with van der Waals surface area (Å²) in [5.74, 6) is -0.377. The standard InChI is InChI=1S/C18H12N2O4S/c1-9-20-14-5-3-12(7-15(14)25-9)24-11-2-4-13-10(6-11)8-19-16(17(13)21)18(22)23/h2-8,21H,1H3,(H,22,23). The first-order chi connectivity index (χ1) is 12.0. The van der Waals surface area contributed by atoms with Crippen molar-refractivity contribution in [1.82, 2.24) is 9.97 Å². The average Bonchev–Trinajstić information content (AvgIpc) is 2.94. The van der Waals surface area contributed by atoms with Crippen LogP contribution in [0.5, 0.6) is 17.2 Å². The third kappa shape index (κ3) is 2.74. The second-order valence-electron chi connectivity index (χ2n) is 5.47. The monoisotopic (exact) mass is 352 g/mol. The molecule has 0 atom stereocenters. The normalized spacial score (nSPS) is 11.1. The lowest BCUT2D eigenvalue weighted by Crippen LogP contribution is -2.00. The highest BCUT2D eigenvalue weighted by Crippen LogP contribution is 2.33. The van der Waals surface area contributed by atoms with Gasteiger partial charge >= 0.3 is 5.97 Å². The maximum atomic E-state index is 11.0. The van der Waals surface area contributed by atoms with Gasteiger partial charge in [-0.3, -0.25) is 0 Å². The number of thiazole rings is 1. The number of aromatic hydroxyl groups is 1. The minimum absolute atomic E-state index is 0.349. The summed E-state index contributed by atoms with van der Waals surface area (Å²) >= 11 is 1.60. The number of aromatic nitrogens is 2. The van der Waals surface area contributed by atoms with E-state index in [4.69, 9.17) is 9.84 Å². The fourth-order valence-corrected chi connectivity index (χ4v) is 3.48. The van der Waals surface area contributed by atoms with Gasteiger partial charge in [-0.25, -0.2) is 14.8 Å². The van der Waals surface area contributed by atoms with E-state index in [0.717, 1.165) is 15.2 Å². The Bertz CT molecular complexity index is 1140. The maximum Gasteiger partial charge on any atom is 0.358 e. The van der Waals surface area contributed by atoms with Gasteiger partial charge in [-0.05, 0) is 37.3 Å². The zero-order valence-corrected chi connectivity index (χ0v) is 13.9. The fourth-order valence-electron chi connectivity index (χ4n) is 2.63. The van der Waals surface area contributed by atoms with Gasteiger partial charge in [0.15, 0.2) is 11.4 Å². The zero-order valence-electron chi connectivity index (χ0n) is 13.1. The number of pyridine rings is 1. The lowest BCUT2D eigenvalue weighted by molar-refractivity contribution is 0.0687. The Hall–Kier alpha value is -3.19. The van der Waals surface area contributed by atoms with E-state index < -0.39 is 5.97 Å². The summed E-state index contributed by atoms with van der Waals surface area (Å²) in [5.41, 5.74) is 0.566. The number of ether oxygens (including phenoxy) is 1. The van der Waals surface area contributed by atoms with Gasteiger partial charge in [-0.2, -0.15) is 0 Å². The number of hydrogen-bond donors (Lipinski definition) is 2. The van der Waals surface area contributed by atoms with E-state index >= 15 is 0 Å². The Morgan fingerprint density at radius 3 is 2.72 bits per heavy atom. The molecule has 0 unspecified atom stereocenters. The molecule has 124 valence electrons. The van der Waals surface area contributed by atoms with Crippen molar-refractivity contribution in [1.29, 1.82) is 0 Å². The minimum Gasteiger partial charge on any atom is -0.505 e. The average molecular weight is 352 g/mol. The number of nitrogens with zero attached hydrogens (tertiary/aromatic N) is 2. The molecule has 0 amide bonds. The molecule has 0 aliphatic heterocycles. The van der Waals surface area contributed by atoms with Gasteiger partial charge < -0.3 is 14.9 Å². The molecule has 25 heavy (non-hydrogen) atoms. The highest BCUT2D eigenvalue weighted by Gasteiger charge is 2.15. The second-order valence-corrected chi connectivity index (χ2v) is 6.71. The molecule has 7 heteroatoms. The summed E-state index contributed by atoms with van der Waals surface area (Å²) in [5, 5.41) is 21.0. The number of aryl methyl sites for hydroxylation is 1.